The number of hydrogen-bond acceptors (Lipinski definition) is 3. The molecule has 0 radical (unpaired) electrons. The van der Waals surface area contributed by atoms with Gasteiger partial charge in [0.1, 0.15) is 0 Å². The average molecular weight is 230 g/mol. The molecule has 1 amide bonds. The molecule has 1 heterocycles. The highest BCUT2D eigenvalue weighted by Gasteiger charge is 2.10. The molecule has 0 bridgehead atoms. The number of H-pyrrole nitrogens is 1. The van der Waals surface area contributed by atoms with E-state index in [9.17, 15) is 4.79 Å². The molecule has 0 atom stereocenters. The number of aromatic nitrogens is 2. The Kier molecular flexibility index (Phi) is 3.09. The van der Waals surface area contributed by atoms with E-state index in [1.54, 1.807) is 6.92 Å². The molecule has 0 fully saturated rings. The SMILES string of the molecule is Cc1[nH]nc(NC(=O)Cc2ccccc2)c1N. The number of nitrogens with two attached hydrogens (primary N) is 1. The van der Waals surface area contributed by atoms with Crippen molar-refractivity contribution in [3.05, 3.63) is 41.6 Å². The van der Waals surface area contributed by atoms with Gasteiger partial charge in [0.15, 0.2) is 5.82 Å². The standard InChI is InChI=1S/C12H14N4O/c1-8-11(13)12(16-15-8)14-10(17)7-9-5-3-2-4-6-9/h2-6H,7,13H2,1H3,(H2,14,15,16,17). The van der Waals surface area contributed by atoms with Gasteiger partial charge in [0.25, 0.3) is 0 Å². The van der Waals surface area contributed by atoms with E-state index in [0.717, 1.165) is 11.3 Å². The number of carbonyl (C=O) groups is 1. The van der Waals surface area contributed by atoms with Gasteiger partial charge in [-0.2, -0.15) is 5.10 Å². The van der Waals surface area contributed by atoms with Gasteiger partial charge in [0.2, 0.25) is 5.91 Å². The first-order chi connectivity index (χ1) is 8.16. The van der Waals surface area contributed by atoms with Crippen LogP contribution in [0.5, 0.6) is 0 Å². The zero-order valence-electron chi connectivity index (χ0n) is 9.53. The molecular formula is C12H14N4O. The van der Waals surface area contributed by atoms with Crippen LogP contribution < -0.4 is 11.1 Å². The number of nitrogens with zero attached hydrogens (tertiary/aromatic N) is 1. The van der Waals surface area contributed by atoms with Gasteiger partial charge in [-0.15, -0.1) is 0 Å². The second-order valence-electron chi connectivity index (χ2n) is 3.82. The number of amides is 1. The molecule has 4 N–H and O–H groups in total. The van der Waals surface area contributed by atoms with E-state index < -0.39 is 0 Å². The minimum Gasteiger partial charge on any atom is -0.394 e. The van der Waals surface area contributed by atoms with Crippen LogP contribution in [0.25, 0.3) is 0 Å². The first-order valence-electron chi connectivity index (χ1n) is 5.31. The molecular weight excluding hydrogens is 216 g/mol. The summed E-state index contributed by atoms with van der Waals surface area (Å²) in [5.41, 5.74) is 7.92. The molecule has 0 aliphatic carbocycles. The number of nitrogen functional groups attached to an aromatic ring is 1. The number of hydrogen-bond donors (Lipinski definition) is 3. The first kappa shape index (κ1) is 11.2. The zero-order chi connectivity index (χ0) is 12.3. The minimum absolute atomic E-state index is 0.130. The number of carbonyl (C=O) groups excluding carboxylic acids is 1. The Hall–Kier alpha value is -2.30. The van der Waals surface area contributed by atoms with E-state index in [-0.39, 0.29) is 5.91 Å². The van der Waals surface area contributed by atoms with Gasteiger partial charge in [-0.25, -0.2) is 0 Å². The Labute approximate surface area is 99.0 Å². The molecule has 0 saturated heterocycles. The van der Waals surface area contributed by atoms with E-state index in [1.165, 1.54) is 0 Å². The van der Waals surface area contributed by atoms with Crippen molar-refractivity contribution in [1.29, 1.82) is 0 Å². The van der Waals surface area contributed by atoms with Crippen molar-refractivity contribution in [1.82, 2.24) is 10.2 Å². The van der Waals surface area contributed by atoms with Crippen molar-refractivity contribution >= 4 is 17.4 Å². The Morgan fingerprint density at radius 2 is 2.12 bits per heavy atom. The lowest BCUT2D eigenvalue weighted by Crippen LogP contribution is -2.15. The highest BCUT2D eigenvalue weighted by molar-refractivity contribution is 5.94. The Morgan fingerprint density at radius 1 is 1.41 bits per heavy atom. The van der Waals surface area contributed by atoms with Crippen molar-refractivity contribution in [2.45, 2.75) is 13.3 Å². The largest absolute Gasteiger partial charge is 0.394 e. The smallest absolute Gasteiger partial charge is 0.230 e. The minimum atomic E-state index is -0.130. The number of aryl methyl sites for hydroxylation is 1. The molecule has 0 aliphatic heterocycles. The van der Waals surface area contributed by atoms with Crippen molar-refractivity contribution in [2.75, 3.05) is 11.1 Å². The topological polar surface area (TPSA) is 83.8 Å². The first-order valence-corrected chi connectivity index (χ1v) is 5.31. The van der Waals surface area contributed by atoms with Crippen LogP contribution in [0.2, 0.25) is 0 Å². The van der Waals surface area contributed by atoms with E-state index in [2.05, 4.69) is 15.5 Å². The van der Waals surface area contributed by atoms with Crippen molar-refractivity contribution in [3.8, 4) is 0 Å². The summed E-state index contributed by atoms with van der Waals surface area (Å²) in [5.74, 6) is 0.262. The summed E-state index contributed by atoms with van der Waals surface area (Å²) in [4.78, 5) is 11.7. The maximum absolute atomic E-state index is 11.7. The fraction of sp³-hybridized carbons (Fsp3) is 0.167. The molecule has 88 valence electrons. The van der Waals surface area contributed by atoms with Gasteiger partial charge in [0, 0.05) is 0 Å². The average Bonchev–Trinajstić information content (AvgIpc) is 2.62. The van der Waals surface area contributed by atoms with Crippen LogP contribution in [0.15, 0.2) is 30.3 Å². The normalized spacial score (nSPS) is 10.2. The molecule has 2 aromatic rings. The van der Waals surface area contributed by atoms with Crippen LogP contribution in [-0.4, -0.2) is 16.1 Å². The van der Waals surface area contributed by atoms with Crippen LogP contribution in [0.1, 0.15) is 11.3 Å². The van der Waals surface area contributed by atoms with E-state index in [0.29, 0.717) is 17.9 Å². The second-order valence-corrected chi connectivity index (χ2v) is 3.82. The van der Waals surface area contributed by atoms with E-state index in [1.807, 2.05) is 30.3 Å². The fourth-order valence-corrected chi connectivity index (χ4v) is 1.49. The molecule has 1 aromatic heterocycles. The Morgan fingerprint density at radius 3 is 2.71 bits per heavy atom. The van der Waals surface area contributed by atoms with Crippen LogP contribution in [-0.2, 0) is 11.2 Å². The van der Waals surface area contributed by atoms with Crippen molar-refractivity contribution < 1.29 is 4.79 Å². The molecule has 0 spiro atoms. The van der Waals surface area contributed by atoms with Crippen LogP contribution in [0.3, 0.4) is 0 Å². The summed E-state index contributed by atoms with van der Waals surface area (Å²) >= 11 is 0. The lowest BCUT2D eigenvalue weighted by atomic mass is 10.1. The fourth-order valence-electron chi connectivity index (χ4n) is 1.49. The number of benzene rings is 1. The summed E-state index contributed by atoms with van der Waals surface area (Å²) < 4.78 is 0. The predicted octanol–water partition coefficient (Wildman–Crippen LogP) is 1.48. The van der Waals surface area contributed by atoms with E-state index >= 15 is 0 Å². The van der Waals surface area contributed by atoms with Crippen molar-refractivity contribution in [3.63, 3.8) is 0 Å². The van der Waals surface area contributed by atoms with Gasteiger partial charge in [-0.3, -0.25) is 9.89 Å². The molecule has 5 heteroatoms. The Balaban J connectivity index is 2.01. The van der Waals surface area contributed by atoms with Gasteiger partial charge in [0.05, 0.1) is 17.8 Å². The summed E-state index contributed by atoms with van der Waals surface area (Å²) in [5, 5.41) is 9.30. The quantitative estimate of drug-likeness (QED) is 0.746. The molecule has 0 aliphatic rings. The van der Waals surface area contributed by atoms with Crippen LogP contribution in [0.4, 0.5) is 11.5 Å². The van der Waals surface area contributed by atoms with Crippen molar-refractivity contribution in [2.24, 2.45) is 0 Å². The monoisotopic (exact) mass is 230 g/mol. The third kappa shape index (κ3) is 2.63. The summed E-state index contributed by atoms with van der Waals surface area (Å²) in [6.45, 7) is 1.80. The maximum Gasteiger partial charge on any atom is 0.230 e. The summed E-state index contributed by atoms with van der Waals surface area (Å²) in [6, 6.07) is 9.51. The second kappa shape index (κ2) is 4.69. The lowest BCUT2D eigenvalue weighted by Gasteiger charge is -2.03. The predicted molar refractivity (Wildman–Crippen MR) is 66.5 cm³/mol. The highest BCUT2D eigenvalue weighted by Crippen LogP contribution is 2.17. The third-order valence-corrected chi connectivity index (χ3v) is 2.46. The number of rotatable bonds is 3. The molecule has 17 heavy (non-hydrogen) atoms. The van der Waals surface area contributed by atoms with Gasteiger partial charge in [-0.1, -0.05) is 30.3 Å². The molecule has 0 saturated carbocycles. The van der Waals surface area contributed by atoms with E-state index in [4.69, 9.17) is 5.73 Å². The summed E-state index contributed by atoms with van der Waals surface area (Å²) in [7, 11) is 0. The lowest BCUT2D eigenvalue weighted by molar-refractivity contribution is -0.115. The third-order valence-electron chi connectivity index (χ3n) is 2.46. The number of nitrogens with one attached hydrogen (secondary N) is 2. The highest BCUT2D eigenvalue weighted by atomic mass is 16.1. The number of anilines is 2. The molecule has 5 nitrogen and oxygen atoms in total. The molecule has 1 aromatic carbocycles. The maximum atomic E-state index is 11.7. The van der Waals surface area contributed by atoms with Crippen LogP contribution >= 0.6 is 0 Å². The zero-order valence-corrected chi connectivity index (χ0v) is 9.53. The molecule has 0 unspecified atom stereocenters. The van der Waals surface area contributed by atoms with Gasteiger partial charge in [-0.05, 0) is 12.5 Å². The van der Waals surface area contributed by atoms with Gasteiger partial charge >= 0.3 is 0 Å². The number of aromatic amines is 1. The molecule has 2 rings (SSSR count). The summed E-state index contributed by atoms with van der Waals surface area (Å²) in [6.07, 6.45) is 0.312. The van der Waals surface area contributed by atoms with Gasteiger partial charge < -0.3 is 11.1 Å². The van der Waals surface area contributed by atoms with Crippen LogP contribution in [0, 0.1) is 6.92 Å². The Bertz CT molecular complexity index is 519.